The third-order valence-electron chi connectivity index (χ3n) is 2.80. The van der Waals surface area contributed by atoms with Crippen LogP contribution < -0.4 is 15.2 Å². The minimum Gasteiger partial charge on any atom is -0.496 e. The third-order valence-corrected chi connectivity index (χ3v) is 2.80. The first kappa shape index (κ1) is 14.3. The molecule has 0 aliphatic rings. The summed E-state index contributed by atoms with van der Waals surface area (Å²) >= 11 is 0. The summed E-state index contributed by atoms with van der Waals surface area (Å²) in [5, 5.41) is 0. The lowest BCUT2D eigenvalue weighted by Gasteiger charge is -2.16. The molecular formula is C15H15F2NO2. The number of halogens is 2. The zero-order valence-electron chi connectivity index (χ0n) is 11.0. The van der Waals surface area contributed by atoms with Gasteiger partial charge in [-0.15, -0.1) is 0 Å². The average molecular weight is 279 g/mol. The van der Waals surface area contributed by atoms with Gasteiger partial charge in [0.05, 0.1) is 13.2 Å². The number of nitrogens with two attached hydrogens (primary N) is 1. The zero-order chi connectivity index (χ0) is 14.5. The molecule has 0 aliphatic heterocycles. The van der Waals surface area contributed by atoms with Crippen molar-refractivity contribution in [2.45, 2.75) is 6.04 Å². The summed E-state index contributed by atoms with van der Waals surface area (Å²) in [6.07, 6.45) is 0. The normalized spacial score (nSPS) is 12.0. The van der Waals surface area contributed by atoms with E-state index in [1.807, 2.05) is 18.2 Å². The second-order valence-electron chi connectivity index (χ2n) is 4.26. The molecule has 0 radical (unpaired) electrons. The van der Waals surface area contributed by atoms with E-state index in [0.29, 0.717) is 5.75 Å². The Bertz CT molecular complexity index is 570. The molecule has 0 saturated carbocycles. The predicted molar refractivity (Wildman–Crippen MR) is 71.8 cm³/mol. The summed E-state index contributed by atoms with van der Waals surface area (Å²) in [6.45, 7) is 0.0866. The summed E-state index contributed by atoms with van der Waals surface area (Å²) in [7, 11) is 1.55. The number of benzene rings is 2. The Labute approximate surface area is 115 Å². The summed E-state index contributed by atoms with van der Waals surface area (Å²) in [6, 6.07) is 9.81. The van der Waals surface area contributed by atoms with Crippen LogP contribution in [0.25, 0.3) is 0 Å². The van der Waals surface area contributed by atoms with Crippen molar-refractivity contribution in [3.8, 4) is 11.5 Å². The van der Waals surface area contributed by atoms with E-state index in [1.165, 1.54) is 0 Å². The van der Waals surface area contributed by atoms with Crippen LogP contribution in [-0.4, -0.2) is 13.7 Å². The van der Waals surface area contributed by atoms with Gasteiger partial charge in [0, 0.05) is 23.8 Å². The van der Waals surface area contributed by atoms with Crippen molar-refractivity contribution in [2.24, 2.45) is 5.73 Å². The van der Waals surface area contributed by atoms with Crippen molar-refractivity contribution >= 4 is 0 Å². The van der Waals surface area contributed by atoms with Crippen molar-refractivity contribution < 1.29 is 18.3 Å². The van der Waals surface area contributed by atoms with Gasteiger partial charge in [0.1, 0.15) is 29.7 Å². The van der Waals surface area contributed by atoms with Crippen molar-refractivity contribution in [3.05, 3.63) is 59.7 Å². The summed E-state index contributed by atoms with van der Waals surface area (Å²) in [5.74, 6) is -0.626. The smallest absolute Gasteiger partial charge is 0.129 e. The molecular weight excluding hydrogens is 264 g/mol. The van der Waals surface area contributed by atoms with Gasteiger partial charge in [-0.2, -0.15) is 0 Å². The van der Waals surface area contributed by atoms with E-state index in [-0.39, 0.29) is 12.4 Å². The molecule has 2 aromatic carbocycles. The molecule has 5 heteroatoms. The number of methoxy groups -OCH3 is 1. The van der Waals surface area contributed by atoms with Gasteiger partial charge >= 0.3 is 0 Å². The first-order chi connectivity index (χ1) is 9.60. The van der Waals surface area contributed by atoms with E-state index < -0.39 is 17.7 Å². The molecule has 0 bridgehead atoms. The Kier molecular flexibility index (Phi) is 4.53. The summed E-state index contributed by atoms with van der Waals surface area (Å²) < 4.78 is 36.6. The largest absolute Gasteiger partial charge is 0.496 e. The van der Waals surface area contributed by atoms with Crippen LogP contribution in [0.5, 0.6) is 11.5 Å². The van der Waals surface area contributed by atoms with Gasteiger partial charge in [-0.3, -0.25) is 0 Å². The van der Waals surface area contributed by atoms with Gasteiger partial charge in [0.25, 0.3) is 0 Å². The van der Waals surface area contributed by atoms with E-state index in [9.17, 15) is 8.78 Å². The molecule has 2 aromatic rings. The molecule has 0 aromatic heterocycles. The minimum atomic E-state index is -0.689. The van der Waals surface area contributed by atoms with Gasteiger partial charge in [0.2, 0.25) is 0 Å². The predicted octanol–water partition coefficient (Wildman–Crippen LogP) is 3.05. The van der Waals surface area contributed by atoms with E-state index in [1.54, 1.807) is 13.2 Å². The fraction of sp³-hybridized carbons (Fsp3) is 0.200. The maximum atomic E-state index is 13.0. The van der Waals surface area contributed by atoms with Crippen molar-refractivity contribution in [3.63, 3.8) is 0 Å². The molecule has 20 heavy (non-hydrogen) atoms. The average Bonchev–Trinajstić information content (AvgIpc) is 2.43. The molecule has 2 rings (SSSR count). The lowest BCUT2D eigenvalue weighted by Crippen LogP contribution is -2.19. The van der Waals surface area contributed by atoms with Crippen LogP contribution in [0.15, 0.2) is 42.5 Å². The number of hydrogen-bond donors (Lipinski definition) is 1. The first-order valence-electron chi connectivity index (χ1n) is 6.07. The fourth-order valence-corrected chi connectivity index (χ4v) is 1.86. The molecule has 0 fully saturated rings. The van der Waals surface area contributed by atoms with Gasteiger partial charge in [-0.1, -0.05) is 18.2 Å². The number of hydrogen-bond acceptors (Lipinski definition) is 3. The standard InChI is InChI=1S/C15H15F2NO2/c1-19-15-5-3-2-4-13(15)14(18)9-20-12-7-10(16)6-11(17)8-12/h2-8,14H,9,18H2,1H3. The highest BCUT2D eigenvalue weighted by Crippen LogP contribution is 2.24. The lowest BCUT2D eigenvalue weighted by molar-refractivity contribution is 0.284. The Hall–Kier alpha value is -2.14. The Morgan fingerprint density at radius 2 is 1.75 bits per heavy atom. The molecule has 1 atom stereocenters. The molecule has 0 amide bonds. The van der Waals surface area contributed by atoms with Crippen LogP contribution in [0.3, 0.4) is 0 Å². The van der Waals surface area contributed by atoms with E-state index in [2.05, 4.69) is 0 Å². The quantitative estimate of drug-likeness (QED) is 0.915. The maximum Gasteiger partial charge on any atom is 0.129 e. The van der Waals surface area contributed by atoms with E-state index >= 15 is 0 Å². The SMILES string of the molecule is COc1ccccc1C(N)COc1cc(F)cc(F)c1. The van der Waals surface area contributed by atoms with Crippen LogP contribution in [-0.2, 0) is 0 Å². The summed E-state index contributed by atoms with van der Waals surface area (Å²) in [4.78, 5) is 0. The molecule has 3 nitrogen and oxygen atoms in total. The highest BCUT2D eigenvalue weighted by atomic mass is 19.1. The van der Waals surface area contributed by atoms with Gasteiger partial charge in [-0.25, -0.2) is 8.78 Å². The minimum absolute atomic E-state index is 0.0866. The number of ether oxygens (including phenoxy) is 2. The second-order valence-corrected chi connectivity index (χ2v) is 4.26. The highest BCUT2D eigenvalue weighted by Gasteiger charge is 2.12. The monoisotopic (exact) mass is 279 g/mol. The van der Waals surface area contributed by atoms with Crippen LogP contribution in [0, 0.1) is 11.6 Å². The van der Waals surface area contributed by atoms with Crippen molar-refractivity contribution in [2.75, 3.05) is 13.7 Å². The van der Waals surface area contributed by atoms with E-state index in [4.69, 9.17) is 15.2 Å². The summed E-state index contributed by atoms with van der Waals surface area (Å²) in [5.41, 5.74) is 6.77. The molecule has 1 unspecified atom stereocenters. The topological polar surface area (TPSA) is 44.5 Å². The zero-order valence-corrected chi connectivity index (χ0v) is 11.0. The Morgan fingerprint density at radius 3 is 2.40 bits per heavy atom. The van der Waals surface area contributed by atoms with Crippen molar-refractivity contribution in [1.29, 1.82) is 0 Å². The van der Waals surface area contributed by atoms with E-state index in [0.717, 1.165) is 23.8 Å². The Balaban J connectivity index is 2.06. The molecule has 0 saturated heterocycles. The fourth-order valence-electron chi connectivity index (χ4n) is 1.86. The molecule has 0 heterocycles. The maximum absolute atomic E-state index is 13.0. The lowest BCUT2D eigenvalue weighted by atomic mass is 10.1. The van der Waals surface area contributed by atoms with Gasteiger partial charge < -0.3 is 15.2 Å². The molecule has 106 valence electrons. The van der Waals surface area contributed by atoms with Crippen molar-refractivity contribution in [1.82, 2.24) is 0 Å². The van der Waals surface area contributed by atoms with Gasteiger partial charge in [-0.05, 0) is 6.07 Å². The van der Waals surface area contributed by atoms with Crippen LogP contribution in [0.1, 0.15) is 11.6 Å². The molecule has 0 aliphatic carbocycles. The second kappa shape index (κ2) is 6.34. The van der Waals surface area contributed by atoms with Gasteiger partial charge in [0.15, 0.2) is 0 Å². The van der Waals surface area contributed by atoms with Crippen LogP contribution in [0.2, 0.25) is 0 Å². The Morgan fingerprint density at radius 1 is 1.10 bits per heavy atom. The van der Waals surface area contributed by atoms with Crippen LogP contribution >= 0.6 is 0 Å². The van der Waals surface area contributed by atoms with Crippen LogP contribution in [0.4, 0.5) is 8.78 Å². The third kappa shape index (κ3) is 3.45. The number of para-hydroxylation sites is 1. The molecule has 2 N–H and O–H groups in total. The molecule has 0 spiro atoms. The first-order valence-corrected chi connectivity index (χ1v) is 6.07. The number of rotatable bonds is 5. The highest BCUT2D eigenvalue weighted by molar-refractivity contribution is 5.36.